The van der Waals surface area contributed by atoms with E-state index in [1.165, 1.54) is 6.42 Å². The molecule has 1 fully saturated rings. The lowest BCUT2D eigenvalue weighted by molar-refractivity contribution is -0.123. The summed E-state index contributed by atoms with van der Waals surface area (Å²) in [6, 6.07) is 7.20. The number of amides is 1. The molecule has 1 aromatic rings. The predicted molar refractivity (Wildman–Crippen MR) is 75.6 cm³/mol. The van der Waals surface area contributed by atoms with Gasteiger partial charge in [0, 0.05) is 17.6 Å². The molecule has 1 atom stereocenters. The van der Waals surface area contributed by atoms with Gasteiger partial charge in [-0.15, -0.1) is 0 Å². The van der Waals surface area contributed by atoms with Gasteiger partial charge in [0.15, 0.2) is 6.61 Å². The van der Waals surface area contributed by atoms with E-state index in [0.29, 0.717) is 10.8 Å². The second-order valence-electron chi connectivity index (χ2n) is 4.71. The summed E-state index contributed by atoms with van der Waals surface area (Å²) in [5.41, 5.74) is 0. The molecule has 4 nitrogen and oxygen atoms in total. The Balaban J connectivity index is 1.73. The Morgan fingerprint density at radius 3 is 2.95 bits per heavy atom. The van der Waals surface area contributed by atoms with E-state index in [2.05, 4.69) is 10.6 Å². The number of benzene rings is 1. The van der Waals surface area contributed by atoms with E-state index in [1.54, 1.807) is 24.3 Å². The number of halogens is 1. The maximum Gasteiger partial charge on any atom is 0.258 e. The van der Waals surface area contributed by atoms with Gasteiger partial charge in [-0.05, 0) is 43.7 Å². The second kappa shape index (κ2) is 7.36. The van der Waals surface area contributed by atoms with Crippen LogP contribution in [0.25, 0.3) is 0 Å². The van der Waals surface area contributed by atoms with Crippen LogP contribution in [-0.4, -0.2) is 31.6 Å². The molecule has 0 bridgehead atoms. The number of carbonyl (C=O) groups is 1. The summed E-state index contributed by atoms with van der Waals surface area (Å²) in [4.78, 5) is 11.8. The van der Waals surface area contributed by atoms with Crippen molar-refractivity contribution < 1.29 is 9.53 Å². The normalized spacial score (nSPS) is 19.5. The zero-order valence-corrected chi connectivity index (χ0v) is 11.6. The molecule has 1 aromatic carbocycles. The molecule has 5 heteroatoms. The van der Waals surface area contributed by atoms with Crippen LogP contribution >= 0.6 is 11.6 Å². The fourth-order valence-electron chi connectivity index (χ4n) is 2.09. The van der Waals surface area contributed by atoms with Crippen LogP contribution in [0.2, 0.25) is 5.02 Å². The van der Waals surface area contributed by atoms with Gasteiger partial charge >= 0.3 is 0 Å². The molecule has 1 unspecified atom stereocenters. The molecule has 1 aliphatic rings. The Morgan fingerprint density at radius 1 is 1.37 bits per heavy atom. The van der Waals surface area contributed by atoms with E-state index in [-0.39, 0.29) is 18.6 Å². The molecule has 0 aromatic heterocycles. The van der Waals surface area contributed by atoms with Crippen LogP contribution in [0.5, 0.6) is 5.75 Å². The number of carbonyl (C=O) groups excluding carboxylic acids is 1. The average Bonchev–Trinajstić information content (AvgIpc) is 2.67. The number of nitrogens with one attached hydrogen (secondary N) is 2. The third-order valence-corrected chi connectivity index (χ3v) is 3.35. The lowest BCUT2D eigenvalue weighted by Gasteiger charge is -2.16. The van der Waals surface area contributed by atoms with Crippen LogP contribution in [-0.2, 0) is 4.79 Å². The molecule has 1 aliphatic heterocycles. The Kier molecular flexibility index (Phi) is 5.48. The number of rotatable bonds is 4. The first kappa shape index (κ1) is 14.2. The summed E-state index contributed by atoms with van der Waals surface area (Å²) in [5, 5.41) is 6.95. The molecular formula is C14H19ClN2O2. The number of hydrogen-bond acceptors (Lipinski definition) is 3. The molecule has 104 valence electrons. The molecule has 0 saturated carbocycles. The highest BCUT2D eigenvalue weighted by Crippen LogP contribution is 2.15. The Morgan fingerprint density at radius 2 is 2.16 bits per heavy atom. The molecular weight excluding hydrogens is 264 g/mol. The summed E-state index contributed by atoms with van der Waals surface area (Å²) in [6.07, 6.45) is 3.35. The van der Waals surface area contributed by atoms with E-state index < -0.39 is 0 Å². The highest BCUT2D eigenvalue weighted by molar-refractivity contribution is 6.30. The lowest BCUT2D eigenvalue weighted by Crippen LogP contribution is -2.42. The predicted octanol–water partition coefficient (Wildman–Crippen LogP) is 1.98. The van der Waals surface area contributed by atoms with Crippen molar-refractivity contribution >= 4 is 17.5 Å². The van der Waals surface area contributed by atoms with E-state index >= 15 is 0 Å². The molecule has 1 saturated heterocycles. The maximum atomic E-state index is 11.8. The van der Waals surface area contributed by atoms with Crippen molar-refractivity contribution in [3.8, 4) is 5.75 Å². The average molecular weight is 283 g/mol. The van der Waals surface area contributed by atoms with Crippen molar-refractivity contribution in [2.24, 2.45) is 0 Å². The Labute approximate surface area is 118 Å². The highest BCUT2D eigenvalue weighted by atomic mass is 35.5. The van der Waals surface area contributed by atoms with E-state index in [9.17, 15) is 4.79 Å². The summed E-state index contributed by atoms with van der Waals surface area (Å²) in [6.45, 7) is 1.92. The van der Waals surface area contributed by atoms with Crippen molar-refractivity contribution in [1.29, 1.82) is 0 Å². The van der Waals surface area contributed by atoms with E-state index in [0.717, 1.165) is 25.9 Å². The second-order valence-corrected chi connectivity index (χ2v) is 5.14. The Bertz CT molecular complexity index is 400. The molecule has 19 heavy (non-hydrogen) atoms. The van der Waals surface area contributed by atoms with Gasteiger partial charge in [-0.2, -0.15) is 0 Å². The molecule has 0 aliphatic carbocycles. The molecule has 2 rings (SSSR count). The van der Waals surface area contributed by atoms with E-state index in [1.807, 2.05) is 0 Å². The molecule has 1 amide bonds. The molecule has 1 heterocycles. The van der Waals surface area contributed by atoms with Crippen molar-refractivity contribution in [2.75, 3.05) is 19.7 Å². The fraction of sp³-hybridized carbons (Fsp3) is 0.500. The smallest absolute Gasteiger partial charge is 0.258 e. The molecule has 0 spiro atoms. The minimum atomic E-state index is -0.0800. The fourth-order valence-corrected chi connectivity index (χ4v) is 2.22. The van der Waals surface area contributed by atoms with Gasteiger partial charge in [-0.25, -0.2) is 0 Å². The monoisotopic (exact) mass is 282 g/mol. The van der Waals surface area contributed by atoms with Crippen LogP contribution in [0.1, 0.15) is 19.3 Å². The van der Waals surface area contributed by atoms with Gasteiger partial charge in [0.2, 0.25) is 0 Å². The lowest BCUT2D eigenvalue weighted by atomic mass is 10.1. The summed E-state index contributed by atoms with van der Waals surface area (Å²) < 4.78 is 5.40. The number of ether oxygens (including phenoxy) is 1. The zero-order valence-electron chi connectivity index (χ0n) is 10.8. The first-order valence-electron chi connectivity index (χ1n) is 6.62. The standard InChI is InChI=1S/C14H19ClN2O2/c15-11-4-6-13(7-5-11)19-10-14(18)17-12-3-1-2-8-16-9-12/h4-7,12,16H,1-3,8-10H2,(H,17,18). The van der Waals surface area contributed by atoms with Crippen LogP contribution in [0.15, 0.2) is 24.3 Å². The van der Waals surface area contributed by atoms with Gasteiger partial charge in [0.1, 0.15) is 5.75 Å². The minimum absolute atomic E-state index is 0.0398. The minimum Gasteiger partial charge on any atom is -0.484 e. The van der Waals surface area contributed by atoms with Gasteiger partial charge in [-0.3, -0.25) is 4.79 Å². The topological polar surface area (TPSA) is 50.4 Å². The molecule has 2 N–H and O–H groups in total. The maximum absolute atomic E-state index is 11.8. The third-order valence-electron chi connectivity index (χ3n) is 3.10. The summed E-state index contributed by atoms with van der Waals surface area (Å²) in [5.74, 6) is 0.571. The summed E-state index contributed by atoms with van der Waals surface area (Å²) >= 11 is 5.78. The van der Waals surface area contributed by atoms with Gasteiger partial charge in [-0.1, -0.05) is 18.0 Å². The van der Waals surface area contributed by atoms with E-state index in [4.69, 9.17) is 16.3 Å². The van der Waals surface area contributed by atoms with Gasteiger partial charge in [0.25, 0.3) is 5.91 Å². The quantitative estimate of drug-likeness (QED) is 0.888. The van der Waals surface area contributed by atoms with Crippen molar-refractivity contribution in [1.82, 2.24) is 10.6 Å². The SMILES string of the molecule is O=C(COc1ccc(Cl)cc1)NC1CCCCNC1. The van der Waals surface area contributed by atoms with Crippen molar-refractivity contribution in [2.45, 2.75) is 25.3 Å². The van der Waals surface area contributed by atoms with Crippen molar-refractivity contribution in [3.63, 3.8) is 0 Å². The summed E-state index contributed by atoms with van der Waals surface area (Å²) in [7, 11) is 0. The largest absolute Gasteiger partial charge is 0.484 e. The molecule has 0 radical (unpaired) electrons. The number of hydrogen-bond donors (Lipinski definition) is 2. The van der Waals surface area contributed by atoms with Crippen molar-refractivity contribution in [3.05, 3.63) is 29.3 Å². The first-order valence-corrected chi connectivity index (χ1v) is 7.00. The highest BCUT2D eigenvalue weighted by Gasteiger charge is 2.14. The van der Waals surface area contributed by atoms with Crippen LogP contribution in [0.4, 0.5) is 0 Å². The van der Waals surface area contributed by atoms with Crippen LogP contribution < -0.4 is 15.4 Å². The van der Waals surface area contributed by atoms with Gasteiger partial charge in [0.05, 0.1) is 0 Å². The zero-order chi connectivity index (χ0) is 13.5. The third kappa shape index (κ3) is 5.09. The van der Waals surface area contributed by atoms with Crippen LogP contribution in [0, 0.1) is 0 Å². The Hall–Kier alpha value is -1.26. The van der Waals surface area contributed by atoms with Gasteiger partial charge < -0.3 is 15.4 Å². The van der Waals surface area contributed by atoms with Crippen LogP contribution in [0.3, 0.4) is 0 Å². The first-order chi connectivity index (χ1) is 9.24.